The molecule has 0 fully saturated rings. The third kappa shape index (κ3) is 4.16. The van der Waals surface area contributed by atoms with Crippen LogP contribution in [0.5, 0.6) is 0 Å². The second kappa shape index (κ2) is 8.60. The molecule has 0 bridgehead atoms. The number of hydrazone groups is 1. The maximum atomic E-state index is 13.3. The molecule has 2 aromatic rings. The number of aryl methyl sites for hydroxylation is 1. The van der Waals surface area contributed by atoms with Crippen LogP contribution in [-0.4, -0.2) is 56.1 Å². The second-order valence-corrected chi connectivity index (χ2v) is 8.37. The van der Waals surface area contributed by atoms with Gasteiger partial charge in [0.1, 0.15) is 13.1 Å². The molecule has 174 valence electrons. The molecule has 12 heteroatoms. The first-order valence-electron chi connectivity index (χ1n) is 10.4. The Hall–Kier alpha value is -3.44. The maximum Gasteiger partial charge on any atom is 0.333 e. The fourth-order valence-corrected chi connectivity index (χ4v) is 3.38. The van der Waals surface area contributed by atoms with E-state index in [1.54, 1.807) is 18.4 Å². The van der Waals surface area contributed by atoms with Crippen LogP contribution in [-0.2, 0) is 39.2 Å². The minimum atomic E-state index is -0.695. The van der Waals surface area contributed by atoms with Crippen molar-refractivity contribution in [2.45, 2.75) is 47.7 Å². The molecule has 0 aliphatic carbocycles. The topological polar surface area (TPSA) is 130 Å². The summed E-state index contributed by atoms with van der Waals surface area (Å²) in [5.74, 6) is -0.953. The smallest absolute Gasteiger partial charge is 0.333 e. The van der Waals surface area contributed by atoms with E-state index in [2.05, 4.69) is 10.1 Å². The number of hydrogen-bond donors (Lipinski definition) is 0. The molecule has 0 atom stereocenters. The number of carbonyl (C=O) groups excluding carboxylic acids is 2. The largest absolute Gasteiger partial charge is 0.465 e. The molecule has 0 spiro atoms. The van der Waals surface area contributed by atoms with Gasteiger partial charge in [0.05, 0.1) is 25.5 Å². The highest BCUT2D eigenvalue weighted by atomic mass is 16.5. The molecule has 0 radical (unpaired) electrons. The third-order valence-electron chi connectivity index (χ3n) is 5.03. The zero-order valence-electron chi connectivity index (χ0n) is 19.2. The minimum absolute atomic E-state index is 0.131. The van der Waals surface area contributed by atoms with Crippen molar-refractivity contribution in [2.24, 2.45) is 17.6 Å². The molecule has 1 aliphatic rings. The van der Waals surface area contributed by atoms with E-state index >= 15 is 0 Å². The van der Waals surface area contributed by atoms with Gasteiger partial charge in [-0.15, -0.1) is 0 Å². The summed E-state index contributed by atoms with van der Waals surface area (Å²) in [6, 6.07) is 0. The highest BCUT2D eigenvalue weighted by molar-refractivity contribution is 5.93. The van der Waals surface area contributed by atoms with Crippen molar-refractivity contribution in [2.75, 3.05) is 24.8 Å². The van der Waals surface area contributed by atoms with Crippen molar-refractivity contribution in [3.63, 3.8) is 0 Å². The molecule has 32 heavy (non-hydrogen) atoms. The Morgan fingerprint density at radius 1 is 1.03 bits per heavy atom. The molecule has 0 saturated carbocycles. The number of carbonyl (C=O) groups is 2. The average Bonchev–Trinajstić information content (AvgIpc) is 3.09. The van der Waals surface area contributed by atoms with Crippen LogP contribution in [0, 0.1) is 5.41 Å². The molecule has 2 aromatic heterocycles. The Kier molecular flexibility index (Phi) is 6.24. The van der Waals surface area contributed by atoms with E-state index in [-0.39, 0.29) is 48.8 Å². The van der Waals surface area contributed by atoms with Gasteiger partial charge in [0.15, 0.2) is 11.2 Å². The van der Waals surface area contributed by atoms with Gasteiger partial charge in [0.25, 0.3) is 5.56 Å². The van der Waals surface area contributed by atoms with Gasteiger partial charge in [-0.05, 0) is 13.8 Å². The van der Waals surface area contributed by atoms with Gasteiger partial charge < -0.3 is 9.47 Å². The summed E-state index contributed by atoms with van der Waals surface area (Å²) in [4.78, 5) is 54.7. The molecule has 0 unspecified atom stereocenters. The summed E-state index contributed by atoms with van der Waals surface area (Å²) in [5.41, 5.74) is -0.752. The molecule has 3 rings (SSSR count). The van der Waals surface area contributed by atoms with Crippen LogP contribution in [0.2, 0.25) is 0 Å². The van der Waals surface area contributed by atoms with E-state index < -0.39 is 29.7 Å². The van der Waals surface area contributed by atoms with Gasteiger partial charge >= 0.3 is 17.6 Å². The first-order valence-corrected chi connectivity index (χ1v) is 10.4. The molecule has 12 nitrogen and oxygen atoms in total. The van der Waals surface area contributed by atoms with Crippen LogP contribution in [0.1, 0.15) is 34.6 Å². The summed E-state index contributed by atoms with van der Waals surface area (Å²) in [5, 5.41) is 5.96. The molecule has 0 saturated heterocycles. The van der Waals surface area contributed by atoms with E-state index in [0.717, 1.165) is 4.57 Å². The number of ether oxygens (including phenoxy) is 2. The lowest BCUT2D eigenvalue weighted by Gasteiger charge is -2.30. The fraction of sp³-hybridized carbons (Fsp3) is 0.600. The predicted molar refractivity (Wildman–Crippen MR) is 117 cm³/mol. The Morgan fingerprint density at radius 3 is 2.19 bits per heavy atom. The Labute approximate surface area is 184 Å². The maximum absolute atomic E-state index is 13.3. The summed E-state index contributed by atoms with van der Waals surface area (Å²) in [6.45, 7) is 9.11. The number of aromatic nitrogens is 4. The fourth-order valence-electron chi connectivity index (χ4n) is 3.38. The lowest BCUT2D eigenvalue weighted by atomic mass is 9.89. The number of rotatable bonds is 6. The highest BCUT2D eigenvalue weighted by Gasteiger charge is 2.33. The van der Waals surface area contributed by atoms with Gasteiger partial charge in [-0.25, -0.2) is 14.4 Å². The van der Waals surface area contributed by atoms with E-state index in [1.165, 1.54) is 16.6 Å². The molecule has 0 amide bonds. The monoisotopic (exact) mass is 448 g/mol. The van der Waals surface area contributed by atoms with Crippen LogP contribution >= 0.6 is 0 Å². The lowest BCUT2D eigenvalue weighted by molar-refractivity contribution is -0.144. The average molecular weight is 448 g/mol. The van der Waals surface area contributed by atoms with E-state index in [1.807, 2.05) is 20.8 Å². The van der Waals surface area contributed by atoms with Gasteiger partial charge in [0.2, 0.25) is 5.95 Å². The zero-order valence-corrected chi connectivity index (χ0v) is 19.2. The number of hydrogen-bond acceptors (Lipinski definition) is 9. The van der Waals surface area contributed by atoms with Crippen molar-refractivity contribution in [1.82, 2.24) is 18.7 Å². The molecule has 0 N–H and O–H groups in total. The number of imidazole rings is 1. The Morgan fingerprint density at radius 2 is 1.62 bits per heavy atom. The quantitative estimate of drug-likeness (QED) is 0.575. The van der Waals surface area contributed by atoms with Crippen LogP contribution in [0.25, 0.3) is 11.2 Å². The summed E-state index contributed by atoms with van der Waals surface area (Å²) in [7, 11) is 1.46. The van der Waals surface area contributed by atoms with Crippen LogP contribution in [0.4, 0.5) is 5.95 Å². The number of anilines is 1. The third-order valence-corrected chi connectivity index (χ3v) is 5.03. The van der Waals surface area contributed by atoms with Crippen molar-refractivity contribution in [1.29, 1.82) is 0 Å². The summed E-state index contributed by atoms with van der Waals surface area (Å²) < 4.78 is 13.6. The molecular formula is C20H28N6O6. The van der Waals surface area contributed by atoms with E-state index in [0.29, 0.717) is 5.71 Å². The van der Waals surface area contributed by atoms with Gasteiger partial charge in [-0.3, -0.25) is 23.5 Å². The summed E-state index contributed by atoms with van der Waals surface area (Å²) >= 11 is 0. The minimum Gasteiger partial charge on any atom is -0.465 e. The van der Waals surface area contributed by atoms with Crippen LogP contribution in [0.3, 0.4) is 0 Å². The number of fused-ring (bicyclic) bond motifs is 3. The van der Waals surface area contributed by atoms with Crippen LogP contribution in [0.15, 0.2) is 14.7 Å². The first kappa shape index (κ1) is 23.2. The highest BCUT2D eigenvalue weighted by Crippen LogP contribution is 2.28. The van der Waals surface area contributed by atoms with Crippen molar-refractivity contribution >= 4 is 34.8 Å². The van der Waals surface area contributed by atoms with E-state index in [4.69, 9.17) is 9.47 Å². The molecule has 3 heterocycles. The number of nitrogens with zero attached hydrogens (tertiary/aromatic N) is 6. The van der Waals surface area contributed by atoms with Crippen LogP contribution < -0.4 is 16.3 Å². The molecule has 1 aliphatic heterocycles. The summed E-state index contributed by atoms with van der Waals surface area (Å²) in [6.07, 6.45) is 0. The SMILES string of the molecule is CCOC(=O)CN1N=C(C(C)(C)C)Cn2c1nc1c2c(=O)n(CC(=O)OCC)c(=O)n1C. The normalized spacial score (nSPS) is 13.7. The lowest BCUT2D eigenvalue weighted by Crippen LogP contribution is -2.42. The van der Waals surface area contributed by atoms with Crippen molar-refractivity contribution in [3.05, 3.63) is 20.8 Å². The standard InChI is InChI=1S/C20H28N6O6/c1-7-31-13(27)10-25-17(29)15-16(23(6)19(25)30)21-18-24(15)9-12(20(3,4)5)22-26(18)11-14(28)32-8-2/h7-11H2,1-6H3. The first-order chi connectivity index (χ1) is 15.0. The molecular weight excluding hydrogens is 420 g/mol. The van der Waals surface area contributed by atoms with Crippen molar-refractivity contribution in [3.8, 4) is 0 Å². The predicted octanol–water partition coefficient (Wildman–Crippen LogP) is 0.245. The zero-order chi connectivity index (χ0) is 23.8. The Balaban J connectivity index is 2.23. The van der Waals surface area contributed by atoms with Gasteiger partial charge in [-0.1, -0.05) is 20.8 Å². The molecule has 0 aromatic carbocycles. The van der Waals surface area contributed by atoms with Gasteiger partial charge in [0, 0.05) is 12.5 Å². The Bertz CT molecular complexity index is 1210. The van der Waals surface area contributed by atoms with E-state index in [9.17, 15) is 19.2 Å². The second-order valence-electron chi connectivity index (χ2n) is 8.37. The van der Waals surface area contributed by atoms with Crippen molar-refractivity contribution < 1.29 is 19.1 Å². The number of esters is 2. The van der Waals surface area contributed by atoms with Gasteiger partial charge in [-0.2, -0.15) is 10.1 Å².